The van der Waals surface area contributed by atoms with E-state index < -0.39 is 0 Å². The van der Waals surface area contributed by atoms with Gasteiger partial charge in [0.15, 0.2) is 0 Å². The number of halogens is 1. The van der Waals surface area contributed by atoms with Crippen molar-refractivity contribution in [2.45, 2.75) is 30.1 Å². The van der Waals surface area contributed by atoms with Crippen molar-refractivity contribution in [1.29, 1.82) is 0 Å². The largest absolute Gasteiger partial charge is 0.478 e. The van der Waals surface area contributed by atoms with Gasteiger partial charge < -0.3 is 4.74 Å². The van der Waals surface area contributed by atoms with Crippen LogP contribution in [0.25, 0.3) is 0 Å². The van der Waals surface area contributed by atoms with Gasteiger partial charge in [0.05, 0.1) is 6.04 Å². The molecule has 3 heteroatoms. The highest BCUT2D eigenvalue weighted by atomic mass is 79.9. The average Bonchev–Trinajstić information content (AvgIpc) is 2.45. The van der Waals surface area contributed by atoms with E-state index in [1.54, 1.807) is 0 Å². The van der Waals surface area contributed by atoms with Crippen LogP contribution in [-0.4, -0.2) is 22.9 Å². The Morgan fingerprint density at radius 1 is 1.70 bits per heavy atom. The maximum absolute atomic E-state index is 5.40. The first-order chi connectivity index (χ1) is 4.71. The van der Waals surface area contributed by atoms with Gasteiger partial charge in [-0.05, 0) is 19.8 Å². The van der Waals surface area contributed by atoms with Crippen molar-refractivity contribution < 1.29 is 4.74 Å². The van der Waals surface area contributed by atoms with Crippen LogP contribution >= 0.6 is 15.9 Å². The van der Waals surface area contributed by atoms with Crippen molar-refractivity contribution in [2.75, 3.05) is 6.61 Å². The molecular weight excluding hydrogens is 194 g/mol. The van der Waals surface area contributed by atoms with Crippen molar-refractivity contribution >= 4 is 21.8 Å². The Morgan fingerprint density at radius 2 is 2.40 bits per heavy atom. The summed E-state index contributed by atoms with van der Waals surface area (Å²) in [5.74, 6) is 0.931. The van der Waals surface area contributed by atoms with E-state index in [1.165, 1.54) is 12.8 Å². The quantitative estimate of drug-likeness (QED) is 0.596. The van der Waals surface area contributed by atoms with Crippen LogP contribution in [-0.2, 0) is 4.74 Å². The molecule has 1 atom stereocenters. The molecule has 0 aromatic heterocycles. The van der Waals surface area contributed by atoms with Crippen LogP contribution < -0.4 is 0 Å². The van der Waals surface area contributed by atoms with Gasteiger partial charge in [0.1, 0.15) is 10.9 Å². The smallest absolute Gasteiger partial charge is 0.201 e. The minimum absolute atomic E-state index is 0.151. The maximum atomic E-state index is 5.40. The topological polar surface area (TPSA) is 21.6 Å². The number of nitrogens with zero attached hydrogens (tertiary/aromatic N) is 1. The number of ether oxygens (including phenoxy) is 1. The lowest BCUT2D eigenvalue weighted by atomic mass is 10.4. The molecule has 0 aromatic rings. The number of aliphatic imine (C=N–C) groups is 1. The summed E-state index contributed by atoms with van der Waals surface area (Å²) in [6, 6.07) is 0.366. The molecule has 2 aliphatic rings. The minimum atomic E-state index is 0.151. The molecule has 1 saturated carbocycles. The summed E-state index contributed by atoms with van der Waals surface area (Å²) in [4.78, 5) is 4.37. The fraction of sp³-hybridized carbons (Fsp3) is 0.857. The molecule has 0 spiro atoms. The van der Waals surface area contributed by atoms with Crippen LogP contribution in [0.2, 0.25) is 0 Å². The first-order valence-corrected chi connectivity index (χ1v) is 4.40. The SMILES string of the molecule is CC1COC(C2(Br)CC2)=N1. The Balaban J connectivity index is 2.12. The van der Waals surface area contributed by atoms with Crippen LogP contribution in [0.4, 0.5) is 0 Å². The van der Waals surface area contributed by atoms with Gasteiger partial charge in [-0.1, -0.05) is 15.9 Å². The predicted molar refractivity (Wildman–Crippen MR) is 43.7 cm³/mol. The van der Waals surface area contributed by atoms with Crippen LogP contribution in [0.3, 0.4) is 0 Å². The first-order valence-electron chi connectivity index (χ1n) is 3.61. The van der Waals surface area contributed by atoms with Crippen LogP contribution in [0.15, 0.2) is 4.99 Å². The second kappa shape index (κ2) is 1.97. The Kier molecular flexibility index (Phi) is 1.31. The fourth-order valence-electron chi connectivity index (χ4n) is 1.04. The second-order valence-corrected chi connectivity index (χ2v) is 4.58. The molecule has 0 N–H and O–H groups in total. The zero-order valence-electron chi connectivity index (χ0n) is 5.93. The summed E-state index contributed by atoms with van der Waals surface area (Å²) in [5, 5.41) is 0. The third-order valence-corrected chi connectivity index (χ3v) is 3.00. The highest BCUT2D eigenvalue weighted by Crippen LogP contribution is 2.47. The van der Waals surface area contributed by atoms with E-state index in [0.717, 1.165) is 12.5 Å². The van der Waals surface area contributed by atoms with Crippen molar-refractivity contribution in [3.05, 3.63) is 0 Å². The van der Waals surface area contributed by atoms with E-state index in [-0.39, 0.29) is 4.32 Å². The van der Waals surface area contributed by atoms with E-state index in [4.69, 9.17) is 4.74 Å². The predicted octanol–water partition coefficient (Wildman–Crippen LogP) is 1.73. The van der Waals surface area contributed by atoms with Crippen molar-refractivity contribution in [3.63, 3.8) is 0 Å². The molecule has 0 aromatic carbocycles. The Bertz CT molecular complexity index is 186. The molecule has 1 fully saturated rings. The molecule has 1 unspecified atom stereocenters. The Morgan fingerprint density at radius 3 is 2.80 bits per heavy atom. The van der Waals surface area contributed by atoms with E-state index in [2.05, 4.69) is 27.8 Å². The number of alkyl halides is 1. The average molecular weight is 204 g/mol. The van der Waals surface area contributed by atoms with Gasteiger partial charge in [0.2, 0.25) is 5.90 Å². The third-order valence-electron chi connectivity index (χ3n) is 1.87. The van der Waals surface area contributed by atoms with Crippen molar-refractivity contribution in [2.24, 2.45) is 4.99 Å². The normalized spacial score (nSPS) is 35.0. The highest BCUT2D eigenvalue weighted by molar-refractivity contribution is 9.10. The lowest BCUT2D eigenvalue weighted by molar-refractivity contribution is 0.316. The molecule has 2 rings (SSSR count). The number of rotatable bonds is 1. The molecule has 1 aliphatic carbocycles. The molecular formula is C7H10BrNO. The summed E-state index contributed by atoms with van der Waals surface area (Å²) >= 11 is 3.59. The van der Waals surface area contributed by atoms with Crippen LogP contribution in [0, 0.1) is 0 Å². The standard InChI is InChI=1S/C7H10BrNO/c1-5-4-10-6(9-5)7(8)2-3-7/h5H,2-4H2,1H3. The molecule has 1 aliphatic heterocycles. The summed E-state index contributed by atoms with van der Waals surface area (Å²) in [6.45, 7) is 2.84. The summed E-state index contributed by atoms with van der Waals surface area (Å²) in [5.41, 5.74) is 0. The molecule has 0 bridgehead atoms. The molecule has 10 heavy (non-hydrogen) atoms. The lowest BCUT2D eigenvalue weighted by Gasteiger charge is -2.03. The van der Waals surface area contributed by atoms with E-state index >= 15 is 0 Å². The number of hydrogen-bond acceptors (Lipinski definition) is 2. The maximum Gasteiger partial charge on any atom is 0.201 e. The van der Waals surface area contributed by atoms with E-state index in [9.17, 15) is 0 Å². The van der Waals surface area contributed by atoms with Gasteiger partial charge in [-0.2, -0.15) is 0 Å². The fourth-order valence-corrected chi connectivity index (χ4v) is 1.46. The summed E-state index contributed by atoms with van der Waals surface area (Å²) < 4.78 is 5.55. The highest BCUT2D eigenvalue weighted by Gasteiger charge is 2.48. The first kappa shape index (κ1) is 6.65. The van der Waals surface area contributed by atoms with Crippen LogP contribution in [0.1, 0.15) is 19.8 Å². The Labute approximate surface area is 68.8 Å². The molecule has 0 amide bonds. The van der Waals surface area contributed by atoms with Gasteiger partial charge in [-0.3, -0.25) is 0 Å². The second-order valence-electron chi connectivity index (χ2n) is 3.06. The van der Waals surface area contributed by atoms with Gasteiger partial charge in [-0.15, -0.1) is 0 Å². The number of hydrogen-bond donors (Lipinski definition) is 0. The lowest BCUT2D eigenvalue weighted by Crippen LogP contribution is -2.14. The monoisotopic (exact) mass is 203 g/mol. The Hall–Kier alpha value is -0.0500. The van der Waals surface area contributed by atoms with E-state index in [1.807, 2.05) is 0 Å². The van der Waals surface area contributed by atoms with Gasteiger partial charge in [0, 0.05) is 0 Å². The minimum Gasteiger partial charge on any atom is -0.478 e. The van der Waals surface area contributed by atoms with Gasteiger partial charge in [-0.25, -0.2) is 4.99 Å². The van der Waals surface area contributed by atoms with Gasteiger partial charge >= 0.3 is 0 Å². The van der Waals surface area contributed by atoms with E-state index in [0.29, 0.717) is 6.04 Å². The van der Waals surface area contributed by atoms with Gasteiger partial charge in [0.25, 0.3) is 0 Å². The third kappa shape index (κ3) is 0.965. The molecule has 1 heterocycles. The zero-order valence-corrected chi connectivity index (χ0v) is 7.52. The van der Waals surface area contributed by atoms with Crippen molar-refractivity contribution in [3.8, 4) is 0 Å². The molecule has 56 valence electrons. The molecule has 2 nitrogen and oxygen atoms in total. The van der Waals surface area contributed by atoms with Crippen LogP contribution in [0.5, 0.6) is 0 Å². The summed E-state index contributed by atoms with van der Waals surface area (Å²) in [6.07, 6.45) is 2.36. The summed E-state index contributed by atoms with van der Waals surface area (Å²) in [7, 11) is 0. The molecule has 0 saturated heterocycles. The zero-order chi connectivity index (χ0) is 7.19. The van der Waals surface area contributed by atoms with Crippen molar-refractivity contribution in [1.82, 2.24) is 0 Å². The molecule has 0 radical (unpaired) electrons.